The average Bonchev–Trinajstić information content (AvgIpc) is 3.05. The maximum absolute atomic E-state index is 12.8. The Labute approximate surface area is 134 Å². The Hall–Kier alpha value is -2.37. The van der Waals surface area contributed by atoms with Crippen LogP contribution in [0.15, 0.2) is 16.9 Å². The predicted octanol–water partition coefficient (Wildman–Crippen LogP) is 2.02. The van der Waals surface area contributed by atoms with Crippen LogP contribution in [-0.2, 0) is 11.8 Å². The maximum Gasteiger partial charge on any atom is 0.345 e. The van der Waals surface area contributed by atoms with Crippen molar-refractivity contribution in [3.63, 3.8) is 0 Å². The normalized spacial score (nSPS) is 14.5. The van der Waals surface area contributed by atoms with Crippen LogP contribution in [0, 0.1) is 6.92 Å². The van der Waals surface area contributed by atoms with Crippen LogP contribution < -0.4 is 10.5 Å². The molecule has 0 radical (unpaired) electrons. The first-order chi connectivity index (χ1) is 11.0. The summed E-state index contributed by atoms with van der Waals surface area (Å²) in [5.74, 6) is -0.558. The van der Waals surface area contributed by atoms with Crippen molar-refractivity contribution in [2.45, 2.75) is 26.7 Å². The lowest BCUT2D eigenvalue weighted by atomic mass is 10.1. The zero-order chi connectivity index (χ0) is 16.6. The smallest absolute Gasteiger partial charge is 0.345 e. The molecule has 0 aromatic carbocycles. The summed E-state index contributed by atoms with van der Waals surface area (Å²) in [6.07, 6.45) is 2.11. The highest BCUT2D eigenvalue weighted by atomic mass is 16.5. The van der Waals surface area contributed by atoms with E-state index in [1.54, 1.807) is 14.0 Å². The minimum atomic E-state index is -0.558. The second-order valence-corrected chi connectivity index (χ2v) is 5.83. The number of nitrogens with zero attached hydrogens (tertiary/aromatic N) is 3. The molecule has 2 aromatic rings. The lowest BCUT2D eigenvalue weighted by molar-refractivity contribution is 0.0524. The van der Waals surface area contributed by atoms with Crippen LogP contribution in [0.1, 0.15) is 35.8 Å². The van der Waals surface area contributed by atoms with Crippen molar-refractivity contribution in [2.75, 3.05) is 24.6 Å². The van der Waals surface area contributed by atoms with E-state index in [2.05, 4.69) is 9.88 Å². The number of rotatable bonds is 3. The molecule has 0 amide bonds. The Kier molecular flexibility index (Phi) is 4.07. The van der Waals surface area contributed by atoms with Crippen LogP contribution >= 0.6 is 0 Å². The van der Waals surface area contributed by atoms with Crippen LogP contribution in [0.5, 0.6) is 0 Å². The van der Waals surface area contributed by atoms with Gasteiger partial charge in [0, 0.05) is 31.2 Å². The summed E-state index contributed by atoms with van der Waals surface area (Å²) in [6, 6.07) is 3.84. The van der Waals surface area contributed by atoms with E-state index in [1.165, 1.54) is 4.57 Å². The highest BCUT2D eigenvalue weighted by Gasteiger charge is 2.28. The SMILES string of the molecule is CCOC(=O)c1c(N2CCCC2)c2ccc(C)nc2n(C)c1=O. The van der Waals surface area contributed by atoms with Gasteiger partial charge < -0.3 is 9.64 Å². The number of esters is 1. The molecule has 6 nitrogen and oxygen atoms in total. The summed E-state index contributed by atoms with van der Waals surface area (Å²) >= 11 is 0. The first kappa shape index (κ1) is 15.5. The second kappa shape index (κ2) is 6.02. The number of pyridine rings is 2. The molecule has 1 aliphatic heterocycles. The number of aryl methyl sites for hydroxylation is 2. The Balaban J connectivity index is 2.37. The summed E-state index contributed by atoms with van der Waals surface area (Å²) in [6.45, 7) is 5.54. The van der Waals surface area contributed by atoms with E-state index in [0.717, 1.165) is 37.0 Å². The van der Waals surface area contributed by atoms with Crippen molar-refractivity contribution in [3.8, 4) is 0 Å². The van der Waals surface area contributed by atoms with Gasteiger partial charge in [0.25, 0.3) is 5.56 Å². The van der Waals surface area contributed by atoms with Gasteiger partial charge in [0.05, 0.1) is 12.3 Å². The van der Waals surface area contributed by atoms with Crippen molar-refractivity contribution >= 4 is 22.7 Å². The van der Waals surface area contributed by atoms with Gasteiger partial charge in [0.15, 0.2) is 0 Å². The molecule has 1 aliphatic rings. The molecule has 1 saturated heterocycles. The molecule has 0 unspecified atom stereocenters. The minimum absolute atomic E-state index is 0.120. The summed E-state index contributed by atoms with van der Waals surface area (Å²) in [4.78, 5) is 31.8. The molecule has 0 atom stereocenters. The van der Waals surface area contributed by atoms with Gasteiger partial charge in [0.1, 0.15) is 11.2 Å². The number of carbonyl (C=O) groups excluding carboxylic acids is 1. The van der Waals surface area contributed by atoms with E-state index in [1.807, 2.05) is 19.1 Å². The topological polar surface area (TPSA) is 64.4 Å². The third-order valence-corrected chi connectivity index (χ3v) is 4.24. The number of aromatic nitrogens is 2. The quantitative estimate of drug-likeness (QED) is 0.811. The molecule has 3 heterocycles. The summed E-state index contributed by atoms with van der Waals surface area (Å²) in [7, 11) is 1.65. The molecular weight excluding hydrogens is 294 g/mol. The Morgan fingerprint density at radius 3 is 2.65 bits per heavy atom. The van der Waals surface area contributed by atoms with Gasteiger partial charge in [0.2, 0.25) is 0 Å². The largest absolute Gasteiger partial charge is 0.462 e. The van der Waals surface area contributed by atoms with E-state index >= 15 is 0 Å². The predicted molar refractivity (Wildman–Crippen MR) is 89.1 cm³/mol. The van der Waals surface area contributed by atoms with Gasteiger partial charge in [-0.3, -0.25) is 9.36 Å². The second-order valence-electron chi connectivity index (χ2n) is 5.83. The van der Waals surface area contributed by atoms with Crippen molar-refractivity contribution in [2.24, 2.45) is 7.05 Å². The molecule has 122 valence electrons. The lowest BCUT2D eigenvalue weighted by Gasteiger charge is -2.23. The van der Waals surface area contributed by atoms with Gasteiger partial charge in [-0.25, -0.2) is 9.78 Å². The van der Waals surface area contributed by atoms with E-state index in [9.17, 15) is 9.59 Å². The van der Waals surface area contributed by atoms with Gasteiger partial charge >= 0.3 is 5.97 Å². The first-order valence-electron chi connectivity index (χ1n) is 7.97. The highest BCUT2D eigenvalue weighted by molar-refractivity contribution is 6.04. The molecule has 0 bridgehead atoms. The summed E-state index contributed by atoms with van der Waals surface area (Å²) in [5, 5.41) is 0.822. The fourth-order valence-electron chi connectivity index (χ4n) is 3.14. The van der Waals surface area contributed by atoms with Crippen molar-refractivity contribution in [1.82, 2.24) is 9.55 Å². The molecule has 0 aliphatic carbocycles. The monoisotopic (exact) mass is 315 g/mol. The molecule has 6 heteroatoms. The standard InChI is InChI=1S/C17H21N3O3/c1-4-23-17(22)13-14(20-9-5-6-10-20)12-8-7-11(2)18-15(12)19(3)16(13)21/h7-8H,4-6,9-10H2,1-3H3. The van der Waals surface area contributed by atoms with Crippen LogP contribution in [0.4, 0.5) is 5.69 Å². The molecule has 0 N–H and O–H groups in total. The fraction of sp³-hybridized carbons (Fsp3) is 0.471. The zero-order valence-electron chi connectivity index (χ0n) is 13.8. The number of hydrogen-bond acceptors (Lipinski definition) is 5. The van der Waals surface area contributed by atoms with Gasteiger partial charge in [-0.15, -0.1) is 0 Å². The molecule has 3 rings (SSSR count). The number of anilines is 1. The number of hydrogen-bond donors (Lipinski definition) is 0. The summed E-state index contributed by atoms with van der Waals surface area (Å²) < 4.78 is 6.58. The van der Waals surface area contributed by atoms with Crippen LogP contribution in [0.3, 0.4) is 0 Å². The molecule has 23 heavy (non-hydrogen) atoms. The summed E-state index contributed by atoms with van der Waals surface area (Å²) in [5.41, 5.74) is 1.88. The van der Waals surface area contributed by atoms with Crippen molar-refractivity contribution in [3.05, 3.63) is 33.7 Å². The van der Waals surface area contributed by atoms with E-state index in [4.69, 9.17) is 4.74 Å². The molecule has 0 saturated carbocycles. The van der Waals surface area contributed by atoms with E-state index in [0.29, 0.717) is 11.3 Å². The van der Waals surface area contributed by atoms with Crippen LogP contribution in [0.25, 0.3) is 11.0 Å². The minimum Gasteiger partial charge on any atom is -0.462 e. The van der Waals surface area contributed by atoms with Crippen LogP contribution in [-0.4, -0.2) is 35.2 Å². The zero-order valence-corrected chi connectivity index (χ0v) is 13.8. The third-order valence-electron chi connectivity index (χ3n) is 4.24. The first-order valence-corrected chi connectivity index (χ1v) is 7.97. The van der Waals surface area contributed by atoms with E-state index in [-0.39, 0.29) is 17.7 Å². The van der Waals surface area contributed by atoms with Gasteiger partial charge in [-0.1, -0.05) is 0 Å². The van der Waals surface area contributed by atoms with Gasteiger partial charge in [-0.05, 0) is 38.8 Å². The molecule has 1 fully saturated rings. The average molecular weight is 315 g/mol. The fourth-order valence-corrected chi connectivity index (χ4v) is 3.14. The molecule has 2 aromatic heterocycles. The molecular formula is C17H21N3O3. The lowest BCUT2D eigenvalue weighted by Crippen LogP contribution is -2.32. The van der Waals surface area contributed by atoms with Gasteiger partial charge in [-0.2, -0.15) is 0 Å². The van der Waals surface area contributed by atoms with Crippen LogP contribution in [0.2, 0.25) is 0 Å². The Morgan fingerprint density at radius 2 is 2.00 bits per heavy atom. The van der Waals surface area contributed by atoms with E-state index < -0.39 is 5.97 Å². The highest BCUT2D eigenvalue weighted by Crippen LogP contribution is 2.31. The number of fused-ring (bicyclic) bond motifs is 1. The maximum atomic E-state index is 12.8. The Morgan fingerprint density at radius 1 is 1.30 bits per heavy atom. The Bertz CT molecular complexity index is 820. The van der Waals surface area contributed by atoms with Crippen molar-refractivity contribution in [1.29, 1.82) is 0 Å². The van der Waals surface area contributed by atoms with Crippen molar-refractivity contribution < 1.29 is 9.53 Å². The number of carbonyl (C=O) groups is 1. The number of ether oxygens (including phenoxy) is 1. The molecule has 0 spiro atoms. The third kappa shape index (κ3) is 2.58.